The van der Waals surface area contributed by atoms with Gasteiger partial charge < -0.3 is 83.2 Å². The van der Waals surface area contributed by atoms with Gasteiger partial charge in [-0.15, -0.1) is 0 Å². The van der Waals surface area contributed by atoms with E-state index in [4.69, 9.17) is 55.2 Å². The van der Waals surface area contributed by atoms with Crippen LogP contribution in [0.4, 0.5) is 0 Å². The van der Waals surface area contributed by atoms with E-state index in [0.717, 1.165) is 0 Å². The Morgan fingerprint density at radius 2 is 0.412 bits per heavy atom. The summed E-state index contributed by atoms with van der Waals surface area (Å²) in [5.74, 6) is 26.9. The van der Waals surface area contributed by atoms with Crippen molar-refractivity contribution in [1.82, 2.24) is 0 Å². The predicted octanol–water partition coefficient (Wildman–Crippen LogP) is 3.58. The van der Waals surface area contributed by atoms with Gasteiger partial charge in [0.15, 0.2) is 0 Å². The number of nitrogens with zero attached hydrogens (tertiary/aromatic N) is 5. The summed E-state index contributed by atoms with van der Waals surface area (Å²) < 4.78 is 0. The Kier molecular flexibility index (Phi) is 312. The average molecular weight is 592 g/mol. The number of hydrogen-bond donors (Lipinski definition) is 5. The first-order valence-corrected chi connectivity index (χ1v) is 2.12. The Hall–Kier alpha value is 0.881. The van der Waals surface area contributed by atoms with Gasteiger partial charge in [-0.05, 0) is 0 Å². The van der Waals surface area contributed by atoms with Crippen LogP contribution in [-0.4, -0.2) is 26.0 Å². The zero-order valence-electron chi connectivity index (χ0n) is 7.87. The van der Waals surface area contributed by atoms with Crippen molar-refractivity contribution in [3.63, 3.8) is 0 Å². The van der Waals surface area contributed by atoms with Gasteiger partial charge in [0.1, 0.15) is 0 Å². The first kappa shape index (κ1) is 43.0. The zero-order chi connectivity index (χ0) is 13.5. The molecule has 10 N–H and O–H groups in total. The van der Waals surface area contributed by atoms with Gasteiger partial charge in [0.25, 0.3) is 0 Å². The summed E-state index contributed by atoms with van der Waals surface area (Å²) >= 11 is 0. The molecule has 0 atom stereocenters. The molecule has 100 valence electrons. The molecule has 0 fully saturated rings. The maximum atomic E-state index is 6.86. The van der Waals surface area contributed by atoms with Crippen LogP contribution < -0.4 is 0 Å². The van der Waals surface area contributed by atoms with E-state index in [2.05, 4.69) is 0 Å². The maximum absolute atomic E-state index is 6.86. The first-order chi connectivity index (χ1) is 7.07. The second kappa shape index (κ2) is 123. The van der Waals surface area contributed by atoms with Crippen molar-refractivity contribution in [1.29, 1.82) is 0 Å². The SMILES string of the molecule is [NH-][N-]O.[NH-][N-]O.[NH-][N-]O.[NH-][N-]O.[NH-][N-]O.[Ta+5].[Ta+5]. The molecule has 17 heteroatoms. The molecule has 0 rings (SSSR count). The van der Waals surface area contributed by atoms with E-state index in [9.17, 15) is 0 Å². The molecular weight excluding hydrogens is 582 g/mol. The molecule has 0 unspecified atom stereocenters. The fourth-order valence-corrected chi connectivity index (χ4v) is 0. The second-order valence-electron chi connectivity index (χ2n) is 0.500. The minimum atomic E-state index is 0. The van der Waals surface area contributed by atoms with Gasteiger partial charge in [-0.1, -0.05) is 0 Å². The minimum Gasteiger partial charge on any atom is -0.802 e. The number of hydrogen-bond acceptors (Lipinski definition) is 5. The largest absolute Gasteiger partial charge is 5.00 e. The molecule has 0 aliphatic heterocycles. The van der Waals surface area contributed by atoms with E-state index in [1.54, 1.807) is 27.9 Å². The molecule has 0 aliphatic carbocycles. The van der Waals surface area contributed by atoms with Crippen LogP contribution in [0, 0.1) is 0 Å². The molecule has 0 radical (unpaired) electrons. The van der Waals surface area contributed by atoms with Crippen molar-refractivity contribution in [2.75, 3.05) is 0 Å². The van der Waals surface area contributed by atoms with Gasteiger partial charge in [-0.2, -0.15) is 0 Å². The van der Waals surface area contributed by atoms with Crippen LogP contribution in [0.15, 0.2) is 0 Å². The predicted molar refractivity (Wildman–Crippen MR) is 47.3 cm³/mol. The van der Waals surface area contributed by atoms with Gasteiger partial charge in [0.2, 0.25) is 0 Å². The number of rotatable bonds is 0. The molecular formula is H10N10O5Ta2. The summed E-state index contributed by atoms with van der Waals surface area (Å²) in [7, 11) is 0. The molecule has 0 saturated heterocycles. The molecule has 15 nitrogen and oxygen atoms in total. The third kappa shape index (κ3) is 4820. The fourth-order valence-electron chi connectivity index (χ4n) is 0. The van der Waals surface area contributed by atoms with E-state index < -0.39 is 0 Å². The van der Waals surface area contributed by atoms with E-state index in [1.165, 1.54) is 0 Å². The van der Waals surface area contributed by atoms with Crippen LogP contribution in [0.5, 0.6) is 0 Å². The van der Waals surface area contributed by atoms with Gasteiger partial charge in [0.05, 0.1) is 0 Å². The Morgan fingerprint density at radius 3 is 0.412 bits per heavy atom. The van der Waals surface area contributed by atoms with E-state index in [0.29, 0.717) is 0 Å². The molecule has 0 aromatic heterocycles. The summed E-state index contributed by atoms with van der Waals surface area (Å²) in [5, 5.41) is 34.3. The quantitative estimate of drug-likeness (QED) is 0.263. The monoisotopic (exact) mass is 592 g/mol. The Labute approximate surface area is 128 Å². The van der Waals surface area contributed by atoms with Crippen LogP contribution in [-0.2, 0) is 44.8 Å². The minimum absolute atomic E-state index is 0. The van der Waals surface area contributed by atoms with Crippen LogP contribution in [0.25, 0.3) is 57.2 Å². The van der Waals surface area contributed by atoms with E-state index in [-0.39, 0.29) is 44.8 Å². The van der Waals surface area contributed by atoms with Crippen molar-refractivity contribution in [2.45, 2.75) is 0 Å². The van der Waals surface area contributed by atoms with Crippen molar-refractivity contribution in [2.24, 2.45) is 0 Å². The molecule has 0 saturated carbocycles. The van der Waals surface area contributed by atoms with Gasteiger partial charge in [0, 0.05) is 0 Å². The Balaban J connectivity index is -0.0000000143. The molecule has 0 heterocycles. The molecule has 0 aromatic rings. The molecule has 0 spiro atoms. The van der Waals surface area contributed by atoms with E-state index >= 15 is 0 Å². The van der Waals surface area contributed by atoms with Crippen molar-refractivity contribution in [3.8, 4) is 0 Å². The fraction of sp³-hybridized carbons (Fsp3) is 0. The van der Waals surface area contributed by atoms with Gasteiger partial charge >= 0.3 is 44.8 Å². The Morgan fingerprint density at radius 1 is 0.412 bits per heavy atom. The zero-order valence-corrected chi connectivity index (χ0v) is 14.3. The average Bonchev–Trinajstić information content (AvgIpc) is 2.09. The Bertz CT molecular complexity index is 34.3. The molecule has 0 aromatic carbocycles. The van der Waals surface area contributed by atoms with Crippen LogP contribution >= 0.6 is 0 Å². The summed E-state index contributed by atoms with van der Waals surface area (Å²) in [6.07, 6.45) is 0. The molecule has 0 amide bonds. The van der Waals surface area contributed by atoms with E-state index in [1.807, 2.05) is 0 Å². The van der Waals surface area contributed by atoms with Crippen LogP contribution in [0.3, 0.4) is 0 Å². The van der Waals surface area contributed by atoms with Gasteiger partial charge in [-0.25, -0.2) is 0 Å². The second-order valence-corrected chi connectivity index (χ2v) is 0.500. The smallest absolute Gasteiger partial charge is 0.802 e. The molecule has 17 heavy (non-hydrogen) atoms. The summed E-state index contributed by atoms with van der Waals surface area (Å²) in [6, 6.07) is 0. The van der Waals surface area contributed by atoms with Crippen molar-refractivity contribution >= 4 is 0 Å². The summed E-state index contributed by atoms with van der Waals surface area (Å²) in [6.45, 7) is 0. The van der Waals surface area contributed by atoms with Crippen molar-refractivity contribution < 1.29 is 70.8 Å². The normalized spacial score (nSPS) is 5.29. The standard InChI is InChI=1S/5H2N2O.2Ta/c5*1-2-3;;/h5*1,3H;;/q5*-2;2*+5. The topological polar surface area (TPSA) is 291 Å². The van der Waals surface area contributed by atoms with Crippen molar-refractivity contribution in [3.05, 3.63) is 57.2 Å². The summed E-state index contributed by atoms with van der Waals surface area (Å²) in [5.41, 5.74) is 8.75. The third-order valence-corrected chi connectivity index (χ3v) is 0. The number of nitrogens with one attached hydrogen (secondary N) is 5. The van der Waals surface area contributed by atoms with Crippen LogP contribution in [0.2, 0.25) is 0 Å². The summed E-state index contributed by atoms with van der Waals surface area (Å²) in [4.78, 5) is 0. The third-order valence-electron chi connectivity index (χ3n) is 0. The maximum Gasteiger partial charge on any atom is 5.00 e. The molecule has 0 aliphatic rings. The van der Waals surface area contributed by atoms with Gasteiger partial charge in [-0.3, -0.25) is 0 Å². The molecule has 0 bridgehead atoms. The first-order valence-electron chi connectivity index (χ1n) is 2.12. The van der Waals surface area contributed by atoms with Crippen LogP contribution in [0.1, 0.15) is 0 Å².